The van der Waals surface area contributed by atoms with Gasteiger partial charge in [-0.25, -0.2) is 4.79 Å². The van der Waals surface area contributed by atoms with E-state index >= 15 is 0 Å². The molecule has 0 unspecified atom stereocenters. The van der Waals surface area contributed by atoms with Gasteiger partial charge in [0.25, 0.3) is 5.56 Å². The van der Waals surface area contributed by atoms with E-state index in [2.05, 4.69) is 5.32 Å². The largest absolute Gasteiger partial charge is 0.454 e. The Morgan fingerprint density at radius 1 is 0.884 bits per heavy atom. The molecule has 3 aromatic carbocycles. The minimum absolute atomic E-state index is 0.0165. The Morgan fingerprint density at radius 3 is 2.49 bits per heavy atom. The first-order valence-electron chi connectivity index (χ1n) is 14.8. The third-order valence-electron chi connectivity index (χ3n) is 8.49. The van der Waals surface area contributed by atoms with Gasteiger partial charge < -0.3 is 14.8 Å². The van der Waals surface area contributed by atoms with Gasteiger partial charge >= 0.3 is 5.69 Å². The van der Waals surface area contributed by atoms with E-state index in [1.807, 2.05) is 32.0 Å². The molecule has 0 radical (unpaired) electrons. The summed E-state index contributed by atoms with van der Waals surface area (Å²) in [7, 11) is 0. The van der Waals surface area contributed by atoms with Crippen LogP contribution in [0.5, 0.6) is 11.5 Å². The SMILES string of the molecule is Cc1ccc(C)c(NC(=O)Cn2c(=O)n(Cc3ccc4c(c3)OCO4)c(=O)c3ccc(C(=O)CC4CCCCC4)cc32)c1. The Labute approximate surface area is 249 Å². The number of anilines is 1. The second-order valence-corrected chi connectivity index (χ2v) is 11.7. The van der Waals surface area contributed by atoms with E-state index in [1.54, 1.807) is 36.4 Å². The van der Waals surface area contributed by atoms with Gasteiger partial charge in [0.1, 0.15) is 6.54 Å². The zero-order valence-corrected chi connectivity index (χ0v) is 24.5. The fraction of sp³-hybridized carbons (Fsp3) is 0.353. The van der Waals surface area contributed by atoms with Crippen LogP contribution in [-0.2, 0) is 17.9 Å². The molecule has 2 heterocycles. The summed E-state index contributed by atoms with van der Waals surface area (Å²) in [6, 6.07) is 15.9. The molecular formula is C34H35N3O6. The number of Topliss-reactive ketones (excluding diaryl/α,β-unsaturated/α-hetero) is 1. The molecule has 9 heteroatoms. The van der Waals surface area contributed by atoms with Crippen molar-refractivity contribution in [3.8, 4) is 11.5 Å². The number of aromatic nitrogens is 2. The van der Waals surface area contributed by atoms with Crippen LogP contribution >= 0.6 is 0 Å². The molecule has 1 aliphatic carbocycles. The topological polar surface area (TPSA) is 109 Å². The number of amides is 1. The Kier molecular flexibility index (Phi) is 7.88. The zero-order chi connectivity index (χ0) is 30.1. The number of ketones is 1. The van der Waals surface area contributed by atoms with E-state index in [0.29, 0.717) is 40.7 Å². The van der Waals surface area contributed by atoms with Crippen molar-refractivity contribution in [3.63, 3.8) is 0 Å². The van der Waals surface area contributed by atoms with Crippen LogP contribution in [0.25, 0.3) is 10.9 Å². The highest BCUT2D eigenvalue weighted by molar-refractivity contribution is 5.99. The number of rotatable bonds is 8. The van der Waals surface area contributed by atoms with Crippen LogP contribution in [0.15, 0.2) is 64.2 Å². The second-order valence-electron chi connectivity index (χ2n) is 11.7. The maximum atomic E-state index is 14.0. The van der Waals surface area contributed by atoms with Gasteiger partial charge in [-0.1, -0.05) is 56.4 Å². The molecule has 1 N–H and O–H groups in total. The Hall–Kier alpha value is -4.66. The predicted octanol–water partition coefficient (Wildman–Crippen LogP) is 5.35. The Bertz CT molecular complexity index is 1850. The van der Waals surface area contributed by atoms with Gasteiger partial charge in [-0.15, -0.1) is 0 Å². The predicted molar refractivity (Wildman–Crippen MR) is 164 cm³/mol. The summed E-state index contributed by atoms with van der Waals surface area (Å²) in [6.07, 6.45) is 5.97. The fourth-order valence-electron chi connectivity index (χ4n) is 6.08. The standard InChI is InChI=1S/C34H35N3O6/c1-21-8-9-22(2)27(14-21)35-32(39)19-36-28-17-25(29(38)15-23-6-4-3-5-7-23)11-12-26(28)33(40)37(34(36)41)18-24-10-13-30-31(16-24)43-20-42-30/h8-14,16-17,23H,3-7,15,18-20H2,1-2H3,(H,35,39). The number of carbonyl (C=O) groups is 2. The van der Waals surface area contributed by atoms with Crippen LogP contribution in [0.3, 0.4) is 0 Å². The van der Waals surface area contributed by atoms with Gasteiger partial charge in [0.2, 0.25) is 12.7 Å². The second kappa shape index (κ2) is 11.9. The van der Waals surface area contributed by atoms with Crippen LogP contribution < -0.4 is 26.0 Å². The van der Waals surface area contributed by atoms with Crippen molar-refractivity contribution >= 4 is 28.3 Å². The summed E-state index contributed by atoms with van der Waals surface area (Å²) in [6.45, 7) is 3.59. The van der Waals surface area contributed by atoms with E-state index in [9.17, 15) is 19.2 Å². The number of nitrogens with one attached hydrogen (secondary N) is 1. The van der Waals surface area contributed by atoms with Crippen molar-refractivity contribution in [2.75, 3.05) is 12.1 Å². The summed E-state index contributed by atoms with van der Waals surface area (Å²) in [5, 5.41) is 3.17. The number of hydrogen-bond acceptors (Lipinski definition) is 6. The molecular weight excluding hydrogens is 546 g/mol. The quantitative estimate of drug-likeness (QED) is 0.281. The van der Waals surface area contributed by atoms with Crippen molar-refractivity contribution in [3.05, 3.63) is 97.7 Å². The lowest BCUT2D eigenvalue weighted by atomic mass is 9.85. The minimum atomic E-state index is -0.636. The van der Waals surface area contributed by atoms with Gasteiger partial charge in [0.15, 0.2) is 17.3 Å². The minimum Gasteiger partial charge on any atom is -0.454 e. The summed E-state index contributed by atoms with van der Waals surface area (Å²) in [5.74, 6) is 1.06. The molecule has 1 aliphatic heterocycles. The van der Waals surface area contributed by atoms with Crippen molar-refractivity contribution in [1.82, 2.24) is 9.13 Å². The molecule has 0 spiro atoms. The van der Waals surface area contributed by atoms with Gasteiger partial charge in [0.05, 0.1) is 17.4 Å². The third kappa shape index (κ3) is 5.98. The summed E-state index contributed by atoms with van der Waals surface area (Å²) in [5.41, 5.74) is 2.78. The molecule has 1 amide bonds. The molecule has 0 atom stereocenters. The average molecular weight is 582 g/mol. The molecule has 9 nitrogen and oxygen atoms in total. The number of fused-ring (bicyclic) bond motifs is 2. The average Bonchev–Trinajstić information content (AvgIpc) is 3.47. The van der Waals surface area contributed by atoms with E-state index in [1.165, 1.54) is 11.0 Å². The molecule has 1 fully saturated rings. The highest BCUT2D eigenvalue weighted by atomic mass is 16.7. The highest BCUT2D eigenvalue weighted by Crippen LogP contribution is 2.32. The van der Waals surface area contributed by atoms with Crippen molar-refractivity contribution in [2.45, 2.75) is 65.5 Å². The van der Waals surface area contributed by atoms with E-state index in [-0.39, 0.29) is 36.6 Å². The van der Waals surface area contributed by atoms with Crippen LogP contribution in [0.1, 0.15) is 65.6 Å². The number of aryl methyl sites for hydroxylation is 2. The molecule has 2 aliphatic rings. The number of carbonyl (C=O) groups excluding carboxylic acids is 2. The first-order chi connectivity index (χ1) is 20.8. The zero-order valence-electron chi connectivity index (χ0n) is 24.5. The Morgan fingerprint density at radius 2 is 1.67 bits per heavy atom. The summed E-state index contributed by atoms with van der Waals surface area (Å²) in [4.78, 5) is 54.3. The van der Waals surface area contributed by atoms with Crippen molar-refractivity contribution < 1.29 is 19.1 Å². The smallest absolute Gasteiger partial charge is 0.332 e. The maximum absolute atomic E-state index is 14.0. The fourth-order valence-corrected chi connectivity index (χ4v) is 6.08. The number of benzene rings is 3. The van der Waals surface area contributed by atoms with Gasteiger partial charge in [0, 0.05) is 17.7 Å². The van der Waals surface area contributed by atoms with Crippen LogP contribution in [0.4, 0.5) is 5.69 Å². The molecule has 4 aromatic rings. The molecule has 1 aromatic heterocycles. The monoisotopic (exact) mass is 581 g/mol. The van der Waals surface area contributed by atoms with E-state index < -0.39 is 17.2 Å². The van der Waals surface area contributed by atoms with Gasteiger partial charge in [-0.05, 0) is 66.8 Å². The molecule has 1 saturated carbocycles. The van der Waals surface area contributed by atoms with Crippen LogP contribution in [0, 0.1) is 19.8 Å². The van der Waals surface area contributed by atoms with Crippen molar-refractivity contribution in [2.24, 2.45) is 5.92 Å². The van der Waals surface area contributed by atoms with Crippen LogP contribution in [0.2, 0.25) is 0 Å². The number of nitrogens with zero attached hydrogens (tertiary/aromatic N) is 2. The highest BCUT2D eigenvalue weighted by Gasteiger charge is 2.22. The molecule has 43 heavy (non-hydrogen) atoms. The molecule has 0 bridgehead atoms. The first-order valence-corrected chi connectivity index (χ1v) is 14.8. The van der Waals surface area contributed by atoms with Gasteiger partial charge in [-0.2, -0.15) is 0 Å². The van der Waals surface area contributed by atoms with E-state index in [4.69, 9.17) is 9.47 Å². The third-order valence-corrected chi connectivity index (χ3v) is 8.49. The summed E-state index contributed by atoms with van der Waals surface area (Å²) >= 11 is 0. The number of ether oxygens (including phenoxy) is 2. The Balaban J connectivity index is 1.40. The van der Waals surface area contributed by atoms with Gasteiger partial charge in [-0.3, -0.25) is 23.5 Å². The molecule has 222 valence electrons. The summed E-state index contributed by atoms with van der Waals surface area (Å²) < 4.78 is 13.3. The maximum Gasteiger partial charge on any atom is 0.332 e. The lowest BCUT2D eigenvalue weighted by molar-refractivity contribution is -0.116. The lowest BCUT2D eigenvalue weighted by Gasteiger charge is -2.21. The first kappa shape index (κ1) is 28.5. The van der Waals surface area contributed by atoms with E-state index in [0.717, 1.165) is 41.4 Å². The molecule has 0 saturated heterocycles. The lowest BCUT2D eigenvalue weighted by Crippen LogP contribution is -2.42. The van der Waals surface area contributed by atoms with Crippen molar-refractivity contribution in [1.29, 1.82) is 0 Å². The number of hydrogen-bond donors (Lipinski definition) is 1. The van der Waals surface area contributed by atoms with Crippen LogP contribution in [-0.4, -0.2) is 27.6 Å². The normalized spacial score (nSPS) is 14.7. The molecule has 6 rings (SSSR count).